The van der Waals surface area contributed by atoms with Gasteiger partial charge in [0.05, 0.1) is 37.7 Å². The highest BCUT2D eigenvalue weighted by Gasteiger charge is 2.40. The number of hydrogen-bond acceptors (Lipinski definition) is 8. The van der Waals surface area contributed by atoms with Gasteiger partial charge in [0.1, 0.15) is 5.82 Å². The van der Waals surface area contributed by atoms with E-state index in [9.17, 15) is 22.0 Å². The number of halogens is 5. The number of nitrogens with zero attached hydrogens (tertiary/aromatic N) is 4. The summed E-state index contributed by atoms with van der Waals surface area (Å²) in [4.78, 5) is 13.5. The Kier molecular flexibility index (Phi) is 10.9. The monoisotopic (exact) mass is 663 g/mol. The lowest BCUT2D eigenvalue weighted by atomic mass is 9.89. The zero-order chi connectivity index (χ0) is 33.9. The fraction of sp³-hybridized carbons (Fsp3) is 0.588. The maximum Gasteiger partial charge on any atom is 0.417 e. The van der Waals surface area contributed by atoms with Gasteiger partial charge in [0, 0.05) is 67.5 Å². The van der Waals surface area contributed by atoms with Gasteiger partial charge in [-0.15, -0.1) is 5.92 Å². The van der Waals surface area contributed by atoms with E-state index >= 15 is 0 Å². The predicted molar refractivity (Wildman–Crippen MR) is 168 cm³/mol. The Balaban J connectivity index is 0.000000330. The molecular weight excluding hydrogens is 621 g/mol. The molecule has 5 heterocycles. The normalized spacial score (nSPS) is 24.1. The second-order valence-corrected chi connectivity index (χ2v) is 12.8. The number of alkyl halides is 3. The van der Waals surface area contributed by atoms with Gasteiger partial charge in [0.25, 0.3) is 6.08 Å². The van der Waals surface area contributed by atoms with E-state index in [2.05, 4.69) is 38.5 Å². The average molecular weight is 664 g/mol. The van der Waals surface area contributed by atoms with E-state index in [1.54, 1.807) is 7.11 Å². The SMILES string of the molecule is CC#Cc1cc(N)cc(C2Cc3nc(OC)nc(N4CC(C)CC(COC)C4)c3CO2)c1C(F)(F)F.FC(F)=C1CC2CCCN2C1. The first kappa shape index (κ1) is 34.9. The molecule has 1 aromatic carbocycles. The van der Waals surface area contributed by atoms with E-state index in [0.717, 1.165) is 38.0 Å². The third-order valence-electron chi connectivity index (χ3n) is 9.21. The molecule has 0 bridgehead atoms. The van der Waals surface area contributed by atoms with Crippen LogP contribution in [-0.2, 0) is 28.7 Å². The number of hydrogen-bond donors (Lipinski definition) is 1. The summed E-state index contributed by atoms with van der Waals surface area (Å²) >= 11 is 0. The number of nitrogen functional groups attached to an aromatic ring is 1. The molecule has 0 spiro atoms. The Bertz CT molecular complexity index is 1520. The highest BCUT2D eigenvalue weighted by atomic mass is 19.4. The van der Waals surface area contributed by atoms with Gasteiger partial charge in [-0.25, -0.2) is 0 Å². The molecule has 0 radical (unpaired) electrons. The third-order valence-corrected chi connectivity index (χ3v) is 9.21. The van der Waals surface area contributed by atoms with Crippen LogP contribution in [0.5, 0.6) is 6.01 Å². The molecule has 4 unspecified atom stereocenters. The Labute approximate surface area is 272 Å². The van der Waals surface area contributed by atoms with Gasteiger partial charge < -0.3 is 24.8 Å². The predicted octanol–water partition coefficient (Wildman–Crippen LogP) is 6.39. The Morgan fingerprint density at radius 2 is 1.94 bits per heavy atom. The maximum atomic E-state index is 14.1. The molecule has 256 valence electrons. The van der Waals surface area contributed by atoms with Crippen LogP contribution in [-0.4, -0.2) is 67.9 Å². The molecule has 0 saturated carbocycles. The van der Waals surface area contributed by atoms with Gasteiger partial charge in [-0.1, -0.05) is 12.8 Å². The second-order valence-electron chi connectivity index (χ2n) is 12.8. The number of benzene rings is 1. The Morgan fingerprint density at radius 1 is 1.15 bits per heavy atom. The van der Waals surface area contributed by atoms with Crippen LogP contribution in [0.25, 0.3) is 0 Å². The van der Waals surface area contributed by atoms with Crippen LogP contribution in [0.1, 0.15) is 73.6 Å². The number of fused-ring (bicyclic) bond motifs is 2. The zero-order valence-electron chi connectivity index (χ0n) is 27.2. The van der Waals surface area contributed by atoms with Crippen LogP contribution in [0.3, 0.4) is 0 Å². The molecule has 4 atom stereocenters. The summed E-state index contributed by atoms with van der Waals surface area (Å²) in [5.74, 6) is 6.55. The van der Waals surface area contributed by atoms with Crippen molar-refractivity contribution in [3.05, 3.63) is 51.7 Å². The van der Waals surface area contributed by atoms with Crippen molar-refractivity contribution < 1.29 is 36.2 Å². The summed E-state index contributed by atoms with van der Waals surface area (Å²) < 4.78 is 83.5. The largest absolute Gasteiger partial charge is 0.467 e. The van der Waals surface area contributed by atoms with Crippen molar-refractivity contribution in [2.75, 3.05) is 57.6 Å². The van der Waals surface area contributed by atoms with Crippen LogP contribution in [0.15, 0.2) is 23.8 Å². The van der Waals surface area contributed by atoms with Crippen LogP contribution in [0, 0.1) is 23.7 Å². The number of nitrogens with two attached hydrogens (primary N) is 1. The van der Waals surface area contributed by atoms with Gasteiger partial charge in [0.2, 0.25) is 0 Å². The zero-order valence-corrected chi connectivity index (χ0v) is 27.2. The number of aromatic nitrogens is 2. The molecule has 8 nitrogen and oxygen atoms in total. The highest BCUT2D eigenvalue weighted by Crippen LogP contribution is 2.43. The lowest BCUT2D eigenvalue weighted by molar-refractivity contribution is -0.140. The Hall–Kier alpha value is -3.47. The van der Waals surface area contributed by atoms with Crippen molar-refractivity contribution >= 4 is 11.5 Å². The van der Waals surface area contributed by atoms with E-state index in [0.29, 0.717) is 54.5 Å². The smallest absolute Gasteiger partial charge is 0.417 e. The van der Waals surface area contributed by atoms with Gasteiger partial charge in [-0.3, -0.25) is 4.90 Å². The minimum Gasteiger partial charge on any atom is -0.467 e. The van der Waals surface area contributed by atoms with Crippen molar-refractivity contribution in [1.29, 1.82) is 0 Å². The first-order valence-corrected chi connectivity index (χ1v) is 15.9. The molecule has 4 aliphatic heterocycles. The summed E-state index contributed by atoms with van der Waals surface area (Å²) in [5, 5.41) is 0. The molecule has 13 heteroatoms. The van der Waals surface area contributed by atoms with Gasteiger partial charge in [-0.05, 0) is 62.8 Å². The van der Waals surface area contributed by atoms with Crippen molar-refractivity contribution in [3.8, 4) is 17.9 Å². The molecule has 2 N–H and O–H groups in total. The highest BCUT2D eigenvalue weighted by molar-refractivity contribution is 5.58. The quantitative estimate of drug-likeness (QED) is 0.224. The minimum absolute atomic E-state index is 0.0446. The molecule has 6 rings (SSSR count). The standard InChI is InChI=1S/C26H31F3N4O3.C8H11F2N/c1-5-6-17-8-18(30)9-19(23(17)26(27,28)29)22-10-21-20(14-36-22)24(32-25(31-21)35-4)33-11-15(2)7-16(12-33)13-34-3;9-8(10)6-4-7-2-1-3-11(7)5-6/h8-9,15-16,22H,7,10-14,30H2,1-4H3;7H,1-5H2. The average Bonchev–Trinajstić information content (AvgIpc) is 3.63. The van der Waals surface area contributed by atoms with E-state index < -0.39 is 23.9 Å². The maximum absolute atomic E-state index is 14.1. The molecule has 0 amide bonds. The van der Waals surface area contributed by atoms with Crippen LogP contribution < -0.4 is 15.4 Å². The summed E-state index contributed by atoms with van der Waals surface area (Å²) in [6.07, 6.45) is -2.89. The third kappa shape index (κ3) is 7.99. The molecule has 4 aliphatic rings. The van der Waals surface area contributed by atoms with E-state index in [1.807, 2.05) is 0 Å². The van der Waals surface area contributed by atoms with Gasteiger partial charge in [0.15, 0.2) is 0 Å². The number of rotatable bonds is 5. The Morgan fingerprint density at radius 3 is 2.60 bits per heavy atom. The van der Waals surface area contributed by atoms with Crippen LogP contribution >= 0.6 is 0 Å². The summed E-state index contributed by atoms with van der Waals surface area (Å²) in [5.41, 5.74) is 6.87. The van der Waals surface area contributed by atoms with Gasteiger partial charge in [-0.2, -0.15) is 31.9 Å². The number of piperidine rings is 1. The first-order valence-electron chi connectivity index (χ1n) is 15.9. The van der Waals surface area contributed by atoms with Gasteiger partial charge >= 0.3 is 12.2 Å². The van der Waals surface area contributed by atoms with E-state index in [1.165, 1.54) is 32.6 Å². The molecule has 0 aliphatic carbocycles. The van der Waals surface area contributed by atoms with Crippen molar-refractivity contribution in [2.24, 2.45) is 11.8 Å². The van der Waals surface area contributed by atoms with Crippen molar-refractivity contribution in [1.82, 2.24) is 14.9 Å². The minimum atomic E-state index is -4.62. The molecule has 2 aromatic rings. The number of anilines is 2. The summed E-state index contributed by atoms with van der Waals surface area (Å²) in [7, 11) is 3.17. The van der Waals surface area contributed by atoms with E-state index in [4.69, 9.17) is 19.9 Å². The fourth-order valence-electron chi connectivity index (χ4n) is 7.35. The first-order chi connectivity index (χ1) is 22.4. The lowest BCUT2D eigenvalue weighted by Crippen LogP contribution is -2.42. The molecular formula is C34H42F5N5O3. The lowest BCUT2D eigenvalue weighted by Gasteiger charge is -2.39. The summed E-state index contributed by atoms with van der Waals surface area (Å²) in [6.45, 7) is 7.46. The molecule has 47 heavy (non-hydrogen) atoms. The van der Waals surface area contributed by atoms with Crippen LogP contribution in [0.2, 0.25) is 0 Å². The molecule has 3 saturated heterocycles. The van der Waals surface area contributed by atoms with Crippen molar-refractivity contribution in [2.45, 2.75) is 70.9 Å². The van der Waals surface area contributed by atoms with Crippen LogP contribution in [0.4, 0.5) is 33.5 Å². The van der Waals surface area contributed by atoms with E-state index in [-0.39, 0.29) is 35.9 Å². The molecule has 1 aromatic heterocycles. The fourth-order valence-corrected chi connectivity index (χ4v) is 7.35. The molecule has 3 fully saturated rings. The summed E-state index contributed by atoms with van der Waals surface area (Å²) in [6, 6.07) is 3.18. The van der Waals surface area contributed by atoms with Crippen molar-refractivity contribution in [3.63, 3.8) is 0 Å². The topological polar surface area (TPSA) is 86.0 Å². The number of methoxy groups -OCH3 is 2. The second kappa shape index (κ2) is 14.7. The number of ether oxygens (including phenoxy) is 3.